The Morgan fingerprint density at radius 2 is 2.17 bits per heavy atom. The molecule has 2 rings (SSSR count). The highest BCUT2D eigenvalue weighted by atomic mass is 16.5. The first kappa shape index (κ1) is 17.9. The van der Waals surface area contributed by atoms with E-state index in [0.29, 0.717) is 25.6 Å². The van der Waals surface area contributed by atoms with Crippen LogP contribution in [-0.2, 0) is 9.53 Å². The SMILES string of the molecule is CC[C@H](CNC(=O)CNC[C@@H]1CN(C)CCO1)c1ccccc1. The molecule has 0 unspecified atom stereocenters. The number of nitrogens with zero attached hydrogens (tertiary/aromatic N) is 1. The Morgan fingerprint density at radius 1 is 1.39 bits per heavy atom. The minimum atomic E-state index is 0.0449. The first-order chi connectivity index (χ1) is 11.2. The number of likely N-dealkylation sites (N-methyl/N-ethyl adjacent to an activating group) is 1. The van der Waals surface area contributed by atoms with Gasteiger partial charge in [0, 0.05) is 32.1 Å². The van der Waals surface area contributed by atoms with Crippen LogP contribution < -0.4 is 10.6 Å². The van der Waals surface area contributed by atoms with Crippen molar-refractivity contribution in [2.24, 2.45) is 0 Å². The van der Waals surface area contributed by atoms with Gasteiger partial charge in [-0.15, -0.1) is 0 Å². The van der Waals surface area contributed by atoms with Crippen LogP contribution in [0.25, 0.3) is 0 Å². The molecule has 0 saturated carbocycles. The second-order valence-electron chi connectivity index (χ2n) is 6.21. The van der Waals surface area contributed by atoms with Crippen molar-refractivity contribution in [2.45, 2.75) is 25.4 Å². The maximum Gasteiger partial charge on any atom is 0.233 e. The minimum Gasteiger partial charge on any atom is -0.374 e. The van der Waals surface area contributed by atoms with Crippen LogP contribution >= 0.6 is 0 Å². The predicted octanol–water partition coefficient (Wildman–Crippen LogP) is 1.22. The summed E-state index contributed by atoms with van der Waals surface area (Å²) in [7, 11) is 2.09. The van der Waals surface area contributed by atoms with Gasteiger partial charge in [-0.25, -0.2) is 0 Å². The molecule has 1 amide bonds. The highest BCUT2D eigenvalue weighted by molar-refractivity contribution is 5.78. The lowest BCUT2D eigenvalue weighted by Gasteiger charge is -2.30. The maximum absolute atomic E-state index is 12.0. The minimum absolute atomic E-state index is 0.0449. The second kappa shape index (κ2) is 9.65. The van der Waals surface area contributed by atoms with E-state index in [4.69, 9.17) is 4.74 Å². The maximum atomic E-state index is 12.0. The molecule has 1 fully saturated rings. The second-order valence-corrected chi connectivity index (χ2v) is 6.21. The highest BCUT2D eigenvalue weighted by Crippen LogP contribution is 2.17. The third-order valence-corrected chi connectivity index (χ3v) is 4.31. The number of amides is 1. The predicted molar refractivity (Wildman–Crippen MR) is 92.6 cm³/mol. The van der Waals surface area contributed by atoms with Crippen molar-refractivity contribution in [3.63, 3.8) is 0 Å². The van der Waals surface area contributed by atoms with Crippen molar-refractivity contribution in [1.29, 1.82) is 0 Å². The third-order valence-electron chi connectivity index (χ3n) is 4.31. The van der Waals surface area contributed by atoms with E-state index in [-0.39, 0.29) is 12.0 Å². The Bertz CT molecular complexity index is 467. The summed E-state index contributed by atoms with van der Waals surface area (Å²) in [5, 5.41) is 6.22. The van der Waals surface area contributed by atoms with Crippen LogP contribution in [0.1, 0.15) is 24.8 Å². The Hall–Kier alpha value is -1.43. The molecular weight excluding hydrogens is 290 g/mol. The molecule has 0 radical (unpaired) electrons. The summed E-state index contributed by atoms with van der Waals surface area (Å²) < 4.78 is 5.67. The smallest absolute Gasteiger partial charge is 0.233 e. The van der Waals surface area contributed by atoms with Gasteiger partial charge in [0.15, 0.2) is 0 Å². The van der Waals surface area contributed by atoms with E-state index in [0.717, 1.165) is 26.1 Å². The molecule has 1 aromatic carbocycles. The zero-order chi connectivity index (χ0) is 16.5. The average Bonchev–Trinajstić information content (AvgIpc) is 2.56. The van der Waals surface area contributed by atoms with Crippen molar-refractivity contribution in [3.8, 4) is 0 Å². The van der Waals surface area contributed by atoms with Gasteiger partial charge in [-0.05, 0) is 19.0 Å². The van der Waals surface area contributed by atoms with Gasteiger partial charge in [-0.1, -0.05) is 37.3 Å². The molecule has 0 aromatic heterocycles. The summed E-state index contributed by atoms with van der Waals surface area (Å²) in [5.41, 5.74) is 1.28. The molecular formula is C18H29N3O2. The fourth-order valence-electron chi connectivity index (χ4n) is 2.86. The topological polar surface area (TPSA) is 53.6 Å². The number of rotatable bonds is 8. The Kier molecular flexibility index (Phi) is 7.52. The molecule has 5 heteroatoms. The Balaban J connectivity index is 1.64. The van der Waals surface area contributed by atoms with Gasteiger partial charge >= 0.3 is 0 Å². The fourth-order valence-corrected chi connectivity index (χ4v) is 2.86. The van der Waals surface area contributed by atoms with Gasteiger partial charge in [0.1, 0.15) is 0 Å². The molecule has 1 aliphatic rings. The van der Waals surface area contributed by atoms with Crippen LogP contribution in [0.2, 0.25) is 0 Å². The van der Waals surface area contributed by atoms with E-state index in [1.165, 1.54) is 5.56 Å². The summed E-state index contributed by atoms with van der Waals surface area (Å²) in [5.74, 6) is 0.416. The molecule has 1 heterocycles. The van der Waals surface area contributed by atoms with E-state index < -0.39 is 0 Å². The quantitative estimate of drug-likeness (QED) is 0.756. The molecule has 0 aliphatic carbocycles. The lowest BCUT2D eigenvalue weighted by atomic mass is 9.96. The lowest BCUT2D eigenvalue weighted by Crippen LogP contribution is -2.46. The normalized spacial score (nSPS) is 20.2. The lowest BCUT2D eigenvalue weighted by molar-refractivity contribution is -0.120. The molecule has 2 N–H and O–H groups in total. The van der Waals surface area contributed by atoms with Crippen LogP contribution in [0.3, 0.4) is 0 Å². The van der Waals surface area contributed by atoms with Crippen LogP contribution in [0.4, 0.5) is 0 Å². The monoisotopic (exact) mass is 319 g/mol. The molecule has 1 aliphatic heterocycles. The Morgan fingerprint density at radius 3 is 2.87 bits per heavy atom. The zero-order valence-corrected chi connectivity index (χ0v) is 14.3. The number of hydrogen-bond donors (Lipinski definition) is 2. The first-order valence-corrected chi connectivity index (χ1v) is 8.51. The van der Waals surface area contributed by atoms with Crippen molar-refractivity contribution in [1.82, 2.24) is 15.5 Å². The molecule has 1 aromatic rings. The van der Waals surface area contributed by atoms with Gasteiger partial charge in [-0.2, -0.15) is 0 Å². The molecule has 0 spiro atoms. The number of morpholine rings is 1. The highest BCUT2D eigenvalue weighted by Gasteiger charge is 2.17. The van der Waals surface area contributed by atoms with Crippen molar-refractivity contribution >= 4 is 5.91 Å². The molecule has 128 valence electrons. The average molecular weight is 319 g/mol. The zero-order valence-electron chi connectivity index (χ0n) is 14.3. The van der Waals surface area contributed by atoms with E-state index in [9.17, 15) is 4.79 Å². The molecule has 23 heavy (non-hydrogen) atoms. The fraction of sp³-hybridized carbons (Fsp3) is 0.611. The van der Waals surface area contributed by atoms with E-state index in [1.807, 2.05) is 18.2 Å². The van der Waals surface area contributed by atoms with E-state index >= 15 is 0 Å². The number of nitrogens with one attached hydrogen (secondary N) is 2. The number of benzene rings is 1. The summed E-state index contributed by atoms with van der Waals surface area (Å²) >= 11 is 0. The van der Waals surface area contributed by atoms with E-state index in [2.05, 4.69) is 41.6 Å². The number of hydrogen-bond acceptors (Lipinski definition) is 4. The number of carbonyl (C=O) groups is 1. The summed E-state index contributed by atoms with van der Waals surface area (Å²) in [4.78, 5) is 14.2. The number of ether oxygens (including phenoxy) is 1. The third kappa shape index (κ3) is 6.29. The van der Waals surface area contributed by atoms with Gasteiger partial charge in [0.05, 0.1) is 19.3 Å². The molecule has 1 saturated heterocycles. The summed E-state index contributed by atoms with van der Waals surface area (Å²) in [6.45, 7) is 6.56. The van der Waals surface area contributed by atoms with Gasteiger partial charge < -0.3 is 20.3 Å². The summed E-state index contributed by atoms with van der Waals surface area (Å²) in [6.07, 6.45) is 1.19. The van der Waals surface area contributed by atoms with Crippen LogP contribution in [0.15, 0.2) is 30.3 Å². The van der Waals surface area contributed by atoms with Gasteiger partial charge in [0.25, 0.3) is 0 Å². The van der Waals surface area contributed by atoms with Gasteiger partial charge in [-0.3, -0.25) is 4.79 Å². The largest absolute Gasteiger partial charge is 0.374 e. The molecule has 2 atom stereocenters. The van der Waals surface area contributed by atoms with Crippen LogP contribution in [-0.4, -0.2) is 63.3 Å². The van der Waals surface area contributed by atoms with Crippen molar-refractivity contribution < 1.29 is 9.53 Å². The van der Waals surface area contributed by atoms with Crippen molar-refractivity contribution in [2.75, 3.05) is 46.4 Å². The number of carbonyl (C=O) groups excluding carboxylic acids is 1. The molecule has 5 nitrogen and oxygen atoms in total. The van der Waals surface area contributed by atoms with E-state index in [1.54, 1.807) is 0 Å². The van der Waals surface area contributed by atoms with Crippen LogP contribution in [0.5, 0.6) is 0 Å². The Labute approximate surface area is 139 Å². The van der Waals surface area contributed by atoms with Crippen molar-refractivity contribution in [3.05, 3.63) is 35.9 Å². The van der Waals surface area contributed by atoms with Crippen LogP contribution in [0, 0.1) is 0 Å². The first-order valence-electron chi connectivity index (χ1n) is 8.51. The molecule has 0 bridgehead atoms. The van der Waals surface area contributed by atoms with Gasteiger partial charge in [0.2, 0.25) is 5.91 Å². The summed E-state index contributed by atoms with van der Waals surface area (Å²) in [6, 6.07) is 10.3. The standard InChI is InChI=1S/C18H29N3O2/c1-3-15(16-7-5-4-6-8-16)11-20-18(22)13-19-12-17-14-21(2)9-10-23-17/h4-8,15,17,19H,3,9-14H2,1-2H3,(H,20,22)/t15-,17-/m1/s1.